The monoisotopic (exact) mass is 495 g/mol. The Balaban J connectivity index is 1.54. The van der Waals surface area contributed by atoms with E-state index in [4.69, 9.17) is 4.74 Å². The number of aryl methyl sites for hydroxylation is 1. The molecular weight excluding hydrogens is 464 g/mol. The minimum atomic E-state index is -3.05. The zero-order valence-corrected chi connectivity index (χ0v) is 20.7. The van der Waals surface area contributed by atoms with Crippen molar-refractivity contribution in [2.45, 2.75) is 64.9 Å². The number of benzene rings is 2. The van der Waals surface area contributed by atoms with Crippen molar-refractivity contribution in [3.8, 4) is 5.88 Å². The smallest absolute Gasteiger partial charge is 0.388 e. The van der Waals surface area contributed by atoms with Crippen molar-refractivity contribution < 1.29 is 23.0 Å². The molecule has 1 aliphatic rings. The Morgan fingerprint density at radius 3 is 2.44 bits per heavy atom. The number of hydrogen-bond acceptors (Lipinski definition) is 4. The zero-order valence-electron chi connectivity index (χ0n) is 20.7. The molecule has 0 aliphatic heterocycles. The van der Waals surface area contributed by atoms with E-state index in [1.807, 2.05) is 54.6 Å². The zero-order chi connectivity index (χ0) is 25.7. The summed E-state index contributed by atoms with van der Waals surface area (Å²) in [4.78, 5) is 19.4. The fourth-order valence-corrected chi connectivity index (χ4v) is 4.32. The average molecular weight is 496 g/mol. The Bertz CT molecular complexity index is 1170. The number of aromatic nitrogens is 1. The van der Waals surface area contributed by atoms with Gasteiger partial charge in [0.15, 0.2) is 0 Å². The summed E-state index contributed by atoms with van der Waals surface area (Å²) in [7, 11) is 0. The molecule has 0 spiro atoms. The van der Waals surface area contributed by atoms with Gasteiger partial charge in [0.25, 0.3) is 0 Å². The fraction of sp³-hybridized carbons (Fsp3) is 0.357. The lowest BCUT2D eigenvalue weighted by atomic mass is 9.86. The van der Waals surface area contributed by atoms with Gasteiger partial charge in [0.05, 0.1) is 12.7 Å². The first kappa shape index (κ1) is 25.6. The Kier molecular flexibility index (Phi) is 8.15. The lowest BCUT2D eigenvalue weighted by molar-refractivity contribution is -0.0524. The molecule has 6 nitrogen and oxygen atoms in total. The van der Waals surface area contributed by atoms with Gasteiger partial charge in [-0.05, 0) is 55.0 Å². The molecule has 0 radical (unpaired) electrons. The van der Waals surface area contributed by atoms with Gasteiger partial charge in [-0.1, -0.05) is 62.4 Å². The minimum absolute atomic E-state index is 0.0236. The summed E-state index contributed by atoms with van der Waals surface area (Å²) >= 11 is 0. The summed E-state index contributed by atoms with van der Waals surface area (Å²) in [5.74, 6) is -0.131. The van der Waals surface area contributed by atoms with Gasteiger partial charge in [0.1, 0.15) is 5.69 Å². The van der Waals surface area contributed by atoms with Crippen molar-refractivity contribution in [3.63, 3.8) is 0 Å². The fourth-order valence-electron chi connectivity index (χ4n) is 4.32. The van der Waals surface area contributed by atoms with Crippen LogP contribution in [0.1, 0.15) is 49.4 Å². The van der Waals surface area contributed by atoms with E-state index in [1.54, 1.807) is 17.9 Å². The maximum absolute atomic E-state index is 13.6. The molecule has 1 fully saturated rings. The van der Waals surface area contributed by atoms with E-state index in [9.17, 15) is 13.6 Å². The second-order valence-electron chi connectivity index (χ2n) is 9.24. The van der Waals surface area contributed by atoms with Crippen LogP contribution in [-0.4, -0.2) is 29.8 Å². The van der Waals surface area contributed by atoms with Crippen LogP contribution in [0.3, 0.4) is 0 Å². The second-order valence-corrected chi connectivity index (χ2v) is 9.24. The van der Waals surface area contributed by atoms with Gasteiger partial charge >= 0.3 is 12.6 Å². The van der Waals surface area contributed by atoms with Crippen LogP contribution in [0.2, 0.25) is 0 Å². The molecule has 1 aromatic heterocycles. The molecule has 3 aromatic rings. The van der Waals surface area contributed by atoms with Crippen molar-refractivity contribution in [2.75, 3.05) is 10.2 Å². The summed E-state index contributed by atoms with van der Waals surface area (Å²) in [5, 5.41) is 2.75. The van der Waals surface area contributed by atoms with Gasteiger partial charge in [-0.2, -0.15) is 8.78 Å². The molecule has 1 N–H and O–H groups in total. The number of alkyl halides is 2. The molecule has 190 valence electrons. The van der Waals surface area contributed by atoms with E-state index in [2.05, 4.69) is 28.9 Å². The highest BCUT2D eigenvalue weighted by Crippen LogP contribution is 2.37. The van der Waals surface area contributed by atoms with Crippen LogP contribution in [0.5, 0.6) is 5.88 Å². The number of nitrogens with one attached hydrogen (secondary N) is 1. The number of ether oxygens (including phenoxy) is 2. The minimum Gasteiger partial charge on any atom is -0.415 e. The first-order valence-corrected chi connectivity index (χ1v) is 12.1. The van der Waals surface area contributed by atoms with Crippen molar-refractivity contribution in [1.82, 2.24) is 4.98 Å². The average Bonchev–Trinajstić information content (AvgIpc) is 2.82. The quantitative estimate of drug-likeness (QED) is 0.351. The summed E-state index contributed by atoms with van der Waals surface area (Å²) in [6, 6.07) is 20.3. The lowest BCUT2D eigenvalue weighted by Gasteiger charge is -2.43. The van der Waals surface area contributed by atoms with E-state index in [0.717, 1.165) is 16.8 Å². The molecular formula is C28H31F2N3O3. The molecule has 2 amide bonds. The van der Waals surface area contributed by atoms with Gasteiger partial charge in [0.2, 0.25) is 5.88 Å². The molecule has 0 unspecified atom stereocenters. The normalized spacial score (nSPS) is 17.1. The number of nitrogens with zero attached hydrogens (tertiary/aromatic N) is 2. The maximum Gasteiger partial charge on any atom is 0.388 e. The third kappa shape index (κ3) is 6.18. The molecule has 8 heteroatoms. The standard InChI is InChI=1S/C28H31F2N3O3/c1-18(2)23-11-7-8-12-25(23)33(21-15-22(16-21)35-17-20-9-5-4-6-10-20)28(34)32-24-14-13-19(3)31-26(24)36-27(29)30/h4-14,18,21-22,27H,15-17H2,1-3H3,(H,32,34). The summed E-state index contributed by atoms with van der Waals surface area (Å²) in [6.07, 6.45) is 1.36. The maximum atomic E-state index is 13.6. The lowest BCUT2D eigenvalue weighted by Crippen LogP contribution is -2.52. The number of rotatable bonds is 9. The molecule has 0 saturated heterocycles. The van der Waals surface area contributed by atoms with E-state index >= 15 is 0 Å². The SMILES string of the molecule is Cc1ccc(NC(=O)N(c2ccccc2C(C)C)C2CC(OCc3ccccc3)C2)c(OC(F)F)n1. The first-order chi connectivity index (χ1) is 17.3. The van der Waals surface area contributed by atoms with Gasteiger partial charge in [0, 0.05) is 17.4 Å². The highest BCUT2D eigenvalue weighted by atomic mass is 19.3. The number of anilines is 2. The first-order valence-electron chi connectivity index (χ1n) is 12.1. The highest BCUT2D eigenvalue weighted by Gasteiger charge is 2.39. The number of hydrogen-bond donors (Lipinski definition) is 1. The van der Waals surface area contributed by atoms with Gasteiger partial charge in [-0.25, -0.2) is 9.78 Å². The van der Waals surface area contributed by atoms with E-state index in [-0.39, 0.29) is 29.6 Å². The van der Waals surface area contributed by atoms with Crippen LogP contribution in [0.15, 0.2) is 66.7 Å². The summed E-state index contributed by atoms with van der Waals surface area (Å²) in [5.41, 5.74) is 3.50. The Morgan fingerprint density at radius 2 is 1.75 bits per heavy atom. The molecule has 1 aliphatic carbocycles. The molecule has 0 bridgehead atoms. The molecule has 0 atom stereocenters. The van der Waals surface area contributed by atoms with Gasteiger partial charge in [-0.15, -0.1) is 0 Å². The third-order valence-electron chi connectivity index (χ3n) is 6.24. The number of carbonyl (C=O) groups is 1. The number of carbonyl (C=O) groups excluding carboxylic acids is 1. The summed E-state index contributed by atoms with van der Waals surface area (Å²) in [6.45, 7) is 3.26. The van der Waals surface area contributed by atoms with Crippen LogP contribution in [-0.2, 0) is 11.3 Å². The molecule has 36 heavy (non-hydrogen) atoms. The van der Waals surface area contributed by atoms with Crippen LogP contribution in [0, 0.1) is 6.92 Å². The Labute approximate surface area is 210 Å². The van der Waals surface area contributed by atoms with Gasteiger partial charge < -0.3 is 14.8 Å². The van der Waals surface area contributed by atoms with Crippen molar-refractivity contribution >= 4 is 17.4 Å². The number of halogens is 2. The van der Waals surface area contributed by atoms with Gasteiger partial charge in [-0.3, -0.25) is 4.90 Å². The largest absolute Gasteiger partial charge is 0.415 e. The highest BCUT2D eigenvalue weighted by molar-refractivity contribution is 6.03. The number of pyridine rings is 1. The Hall–Kier alpha value is -3.52. The molecule has 1 heterocycles. The number of para-hydroxylation sites is 1. The van der Waals surface area contributed by atoms with Crippen LogP contribution in [0.25, 0.3) is 0 Å². The second kappa shape index (κ2) is 11.5. The molecule has 4 rings (SSSR count). The predicted octanol–water partition coefficient (Wildman–Crippen LogP) is 6.90. The number of amides is 2. The van der Waals surface area contributed by atoms with Crippen molar-refractivity contribution in [2.24, 2.45) is 0 Å². The number of urea groups is 1. The van der Waals surface area contributed by atoms with Crippen molar-refractivity contribution in [3.05, 3.63) is 83.6 Å². The topological polar surface area (TPSA) is 63.7 Å². The van der Waals surface area contributed by atoms with Crippen LogP contribution < -0.4 is 15.0 Å². The summed E-state index contributed by atoms with van der Waals surface area (Å²) < 4.78 is 36.6. The van der Waals surface area contributed by atoms with E-state index in [1.165, 1.54) is 6.07 Å². The molecule has 2 aromatic carbocycles. The predicted molar refractivity (Wildman–Crippen MR) is 136 cm³/mol. The third-order valence-corrected chi connectivity index (χ3v) is 6.24. The van der Waals surface area contributed by atoms with Crippen molar-refractivity contribution in [1.29, 1.82) is 0 Å². The van der Waals surface area contributed by atoms with E-state index in [0.29, 0.717) is 25.1 Å². The van der Waals surface area contributed by atoms with Crippen LogP contribution in [0.4, 0.5) is 25.0 Å². The Morgan fingerprint density at radius 1 is 1.06 bits per heavy atom. The van der Waals surface area contributed by atoms with E-state index < -0.39 is 12.6 Å². The van der Waals surface area contributed by atoms with Crippen LogP contribution >= 0.6 is 0 Å². The molecule has 1 saturated carbocycles.